The molecule has 0 bridgehead atoms. The van der Waals surface area contributed by atoms with E-state index in [1.54, 1.807) is 0 Å². The molecule has 0 spiro atoms. The Labute approximate surface area is 179 Å². The van der Waals surface area contributed by atoms with Crippen LogP contribution >= 0.6 is 0 Å². The molecule has 2 aromatic rings. The van der Waals surface area contributed by atoms with Crippen molar-refractivity contribution in [3.05, 3.63) is 65.7 Å². The predicted molar refractivity (Wildman–Crippen MR) is 118 cm³/mol. The lowest BCUT2D eigenvalue weighted by Crippen LogP contribution is -2.40. The van der Waals surface area contributed by atoms with E-state index in [9.17, 15) is 4.79 Å². The van der Waals surface area contributed by atoms with Gasteiger partial charge in [-0.2, -0.15) is 0 Å². The summed E-state index contributed by atoms with van der Waals surface area (Å²) in [5, 5.41) is 0. The van der Waals surface area contributed by atoms with E-state index >= 15 is 0 Å². The van der Waals surface area contributed by atoms with Crippen molar-refractivity contribution in [3.8, 4) is 5.75 Å². The van der Waals surface area contributed by atoms with Gasteiger partial charge in [0.15, 0.2) is 0 Å². The maximum absolute atomic E-state index is 12.7. The van der Waals surface area contributed by atoms with Crippen LogP contribution in [0, 0.1) is 0 Å². The monoisotopic (exact) mass is 408 g/mol. The highest BCUT2D eigenvalue weighted by Gasteiger charge is 2.23. The van der Waals surface area contributed by atoms with Gasteiger partial charge in [0.1, 0.15) is 11.9 Å². The molecule has 0 aliphatic carbocycles. The fraction of sp³-hybridized carbons (Fsp3) is 0.480. The van der Waals surface area contributed by atoms with Crippen LogP contribution in [0.5, 0.6) is 5.75 Å². The minimum Gasteiger partial charge on any atom is -0.490 e. The number of rotatable bonds is 6. The van der Waals surface area contributed by atoms with Crippen molar-refractivity contribution in [2.45, 2.75) is 31.8 Å². The molecule has 1 unspecified atom stereocenters. The van der Waals surface area contributed by atoms with Gasteiger partial charge in [-0.1, -0.05) is 43.3 Å². The molecule has 5 nitrogen and oxygen atoms in total. The molecule has 1 atom stereocenters. The molecule has 0 radical (unpaired) electrons. The quantitative estimate of drug-likeness (QED) is 0.729. The van der Waals surface area contributed by atoms with E-state index in [0.717, 1.165) is 38.2 Å². The molecule has 2 aliphatic rings. The first-order chi connectivity index (χ1) is 14.7. The van der Waals surface area contributed by atoms with Gasteiger partial charge in [-0.25, -0.2) is 0 Å². The number of morpholine rings is 1. The third-order valence-corrected chi connectivity index (χ3v) is 6.12. The van der Waals surface area contributed by atoms with Crippen LogP contribution in [0.1, 0.15) is 41.6 Å². The largest absolute Gasteiger partial charge is 0.490 e. The van der Waals surface area contributed by atoms with Gasteiger partial charge in [-0.3, -0.25) is 4.79 Å². The lowest BCUT2D eigenvalue weighted by atomic mass is 9.99. The second-order valence-corrected chi connectivity index (χ2v) is 8.36. The lowest BCUT2D eigenvalue weighted by molar-refractivity contribution is 0.0302. The second kappa shape index (κ2) is 10.1. The molecule has 2 aromatic carbocycles. The molecule has 0 aromatic heterocycles. The van der Waals surface area contributed by atoms with Crippen LogP contribution in [-0.2, 0) is 4.74 Å². The van der Waals surface area contributed by atoms with Crippen LogP contribution in [0.4, 0.5) is 0 Å². The van der Waals surface area contributed by atoms with Gasteiger partial charge in [0, 0.05) is 38.3 Å². The van der Waals surface area contributed by atoms with Crippen molar-refractivity contribution in [2.24, 2.45) is 0 Å². The van der Waals surface area contributed by atoms with Crippen LogP contribution in [0.25, 0.3) is 0 Å². The minimum atomic E-state index is 0.0634. The highest BCUT2D eigenvalue weighted by atomic mass is 16.5. The van der Waals surface area contributed by atoms with Crippen LogP contribution < -0.4 is 4.74 Å². The molecule has 2 fully saturated rings. The van der Waals surface area contributed by atoms with Crippen molar-refractivity contribution in [1.82, 2.24) is 9.80 Å². The first-order valence-electron chi connectivity index (χ1n) is 11.1. The Kier molecular flexibility index (Phi) is 7.03. The number of piperidine rings is 1. The Morgan fingerprint density at radius 1 is 1.03 bits per heavy atom. The summed E-state index contributed by atoms with van der Waals surface area (Å²) in [4.78, 5) is 17.1. The number of carbonyl (C=O) groups excluding carboxylic acids is 1. The Hall–Kier alpha value is -2.37. The van der Waals surface area contributed by atoms with Crippen molar-refractivity contribution in [1.29, 1.82) is 0 Å². The molecular weight excluding hydrogens is 376 g/mol. The molecule has 1 amide bonds. The van der Waals surface area contributed by atoms with E-state index in [-0.39, 0.29) is 12.0 Å². The average Bonchev–Trinajstić information content (AvgIpc) is 2.81. The molecular formula is C25H32N2O3. The fourth-order valence-corrected chi connectivity index (χ4v) is 4.33. The molecule has 4 rings (SSSR count). The highest BCUT2D eigenvalue weighted by molar-refractivity contribution is 5.94. The third-order valence-electron chi connectivity index (χ3n) is 6.12. The molecule has 5 heteroatoms. The number of ether oxygens (including phenoxy) is 2. The summed E-state index contributed by atoms with van der Waals surface area (Å²) >= 11 is 0. The summed E-state index contributed by atoms with van der Waals surface area (Å²) in [5.74, 6) is 1.39. The Morgan fingerprint density at radius 2 is 1.77 bits per heavy atom. The van der Waals surface area contributed by atoms with E-state index in [2.05, 4.69) is 42.2 Å². The molecule has 0 N–H and O–H groups in total. The van der Waals surface area contributed by atoms with Crippen LogP contribution in [0.15, 0.2) is 54.6 Å². The van der Waals surface area contributed by atoms with Gasteiger partial charge in [0.25, 0.3) is 5.91 Å². The zero-order valence-corrected chi connectivity index (χ0v) is 17.8. The number of likely N-dealkylation sites (tertiary alicyclic amines) is 1. The maximum atomic E-state index is 12.7. The number of hydrogen-bond acceptors (Lipinski definition) is 4. The molecule has 160 valence electrons. The number of nitrogens with zero attached hydrogens (tertiary/aromatic N) is 2. The minimum absolute atomic E-state index is 0.0634. The fourth-order valence-electron chi connectivity index (χ4n) is 4.33. The summed E-state index contributed by atoms with van der Waals surface area (Å²) in [6.45, 7) is 8.03. The van der Waals surface area contributed by atoms with Crippen molar-refractivity contribution in [3.63, 3.8) is 0 Å². The summed E-state index contributed by atoms with van der Waals surface area (Å²) in [6, 6.07) is 18.4. The Balaban J connectivity index is 1.27. The van der Waals surface area contributed by atoms with Gasteiger partial charge < -0.3 is 19.3 Å². The normalized spacial score (nSPS) is 19.4. The zero-order chi connectivity index (χ0) is 20.8. The van der Waals surface area contributed by atoms with Crippen LogP contribution in [-0.4, -0.2) is 67.7 Å². The topological polar surface area (TPSA) is 42.0 Å². The first-order valence-corrected chi connectivity index (χ1v) is 11.1. The van der Waals surface area contributed by atoms with E-state index in [4.69, 9.17) is 9.47 Å². The molecule has 2 aliphatic heterocycles. The van der Waals surface area contributed by atoms with Crippen molar-refractivity contribution in [2.75, 3.05) is 45.9 Å². The van der Waals surface area contributed by atoms with Crippen LogP contribution in [0.3, 0.4) is 0 Å². The van der Waals surface area contributed by atoms with E-state index in [0.29, 0.717) is 37.8 Å². The van der Waals surface area contributed by atoms with Crippen LogP contribution in [0.2, 0.25) is 0 Å². The SMILES string of the molecule is CC(CN1CCC(Oc2cccc(C(=O)N3CCOCC3)c2)CC1)c1ccccc1. The molecule has 0 saturated carbocycles. The van der Waals surface area contributed by atoms with E-state index < -0.39 is 0 Å². The second-order valence-electron chi connectivity index (χ2n) is 8.36. The van der Waals surface area contributed by atoms with Crippen molar-refractivity contribution >= 4 is 5.91 Å². The average molecular weight is 409 g/mol. The van der Waals surface area contributed by atoms with Crippen molar-refractivity contribution < 1.29 is 14.3 Å². The smallest absolute Gasteiger partial charge is 0.254 e. The number of hydrogen-bond donors (Lipinski definition) is 0. The van der Waals surface area contributed by atoms with E-state index in [1.165, 1.54) is 5.56 Å². The summed E-state index contributed by atoms with van der Waals surface area (Å²) in [7, 11) is 0. The molecule has 2 saturated heterocycles. The van der Waals surface area contributed by atoms with Gasteiger partial charge >= 0.3 is 0 Å². The first kappa shape index (κ1) is 20.9. The summed E-state index contributed by atoms with van der Waals surface area (Å²) in [5.41, 5.74) is 2.10. The highest BCUT2D eigenvalue weighted by Crippen LogP contribution is 2.23. The van der Waals surface area contributed by atoms with Gasteiger partial charge in [-0.15, -0.1) is 0 Å². The van der Waals surface area contributed by atoms with Gasteiger partial charge in [0.05, 0.1) is 13.2 Å². The number of benzene rings is 2. The van der Waals surface area contributed by atoms with Gasteiger partial charge in [0.2, 0.25) is 0 Å². The third kappa shape index (κ3) is 5.41. The standard InChI is InChI=1S/C25H32N2O3/c1-20(21-6-3-2-4-7-21)19-26-12-10-23(11-13-26)30-24-9-5-8-22(18-24)25(28)27-14-16-29-17-15-27/h2-9,18,20,23H,10-17,19H2,1H3. The maximum Gasteiger partial charge on any atom is 0.254 e. The molecule has 2 heterocycles. The molecule has 30 heavy (non-hydrogen) atoms. The Morgan fingerprint density at radius 3 is 2.50 bits per heavy atom. The van der Waals surface area contributed by atoms with Gasteiger partial charge in [-0.05, 0) is 42.5 Å². The Bertz CT molecular complexity index is 812. The van der Waals surface area contributed by atoms with E-state index in [1.807, 2.05) is 29.2 Å². The number of carbonyl (C=O) groups is 1. The lowest BCUT2D eigenvalue weighted by Gasteiger charge is -2.34. The summed E-state index contributed by atoms with van der Waals surface area (Å²) < 4.78 is 11.6. The zero-order valence-electron chi connectivity index (χ0n) is 17.8. The predicted octanol–water partition coefficient (Wildman–Crippen LogP) is 3.81. The number of amides is 1. The summed E-state index contributed by atoms with van der Waals surface area (Å²) in [6.07, 6.45) is 2.24.